The van der Waals surface area contributed by atoms with Gasteiger partial charge in [0.25, 0.3) is 0 Å². The standard InChI is InChI=1S/C10H21NO2S/c1-10(2,11)8-14(12,13)9-6-4-3-5-7-9/h9H,3-8,11H2,1-2H3. The molecule has 0 radical (unpaired) electrons. The smallest absolute Gasteiger partial charge is 0.154 e. The minimum atomic E-state index is -2.97. The van der Waals surface area contributed by atoms with Crippen molar-refractivity contribution in [2.75, 3.05) is 5.75 Å². The molecule has 3 nitrogen and oxygen atoms in total. The molecule has 84 valence electrons. The first-order valence-corrected chi connectivity index (χ1v) is 7.03. The van der Waals surface area contributed by atoms with Crippen molar-refractivity contribution in [3.8, 4) is 0 Å². The lowest BCUT2D eigenvalue weighted by Crippen LogP contribution is -2.43. The van der Waals surface area contributed by atoms with Crippen LogP contribution in [-0.2, 0) is 9.84 Å². The molecule has 1 saturated carbocycles. The van der Waals surface area contributed by atoms with Gasteiger partial charge in [0.2, 0.25) is 0 Å². The van der Waals surface area contributed by atoms with E-state index in [4.69, 9.17) is 5.73 Å². The van der Waals surface area contributed by atoms with E-state index in [0.717, 1.165) is 25.7 Å². The average Bonchev–Trinajstić information content (AvgIpc) is 2.01. The zero-order chi connectivity index (χ0) is 10.8. The highest BCUT2D eigenvalue weighted by atomic mass is 32.2. The molecule has 1 aliphatic carbocycles. The summed E-state index contributed by atoms with van der Waals surface area (Å²) in [4.78, 5) is 0. The number of hydrogen-bond donors (Lipinski definition) is 1. The number of nitrogens with two attached hydrogens (primary N) is 1. The maximum atomic E-state index is 11.9. The van der Waals surface area contributed by atoms with Crippen LogP contribution in [0.4, 0.5) is 0 Å². The van der Waals surface area contributed by atoms with Crippen LogP contribution in [0.5, 0.6) is 0 Å². The van der Waals surface area contributed by atoms with Gasteiger partial charge in [-0.25, -0.2) is 8.42 Å². The molecule has 0 unspecified atom stereocenters. The highest BCUT2D eigenvalue weighted by molar-refractivity contribution is 7.92. The summed E-state index contributed by atoms with van der Waals surface area (Å²) < 4.78 is 23.8. The first-order valence-electron chi connectivity index (χ1n) is 5.32. The van der Waals surface area contributed by atoms with Crippen LogP contribution in [0.2, 0.25) is 0 Å². The van der Waals surface area contributed by atoms with Gasteiger partial charge in [-0.05, 0) is 26.7 Å². The summed E-state index contributed by atoms with van der Waals surface area (Å²) in [5.41, 5.74) is 5.15. The molecule has 0 atom stereocenters. The lowest BCUT2D eigenvalue weighted by atomic mass is 10.0. The van der Waals surface area contributed by atoms with E-state index < -0.39 is 15.4 Å². The van der Waals surface area contributed by atoms with Gasteiger partial charge in [-0.1, -0.05) is 19.3 Å². The molecule has 2 N–H and O–H groups in total. The monoisotopic (exact) mass is 219 g/mol. The predicted octanol–water partition coefficient (Wildman–Crippen LogP) is 1.47. The van der Waals surface area contributed by atoms with Gasteiger partial charge in [0, 0.05) is 5.54 Å². The van der Waals surface area contributed by atoms with Crippen LogP contribution in [0.1, 0.15) is 46.0 Å². The summed E-state index contributed by atoms with van der Waals surface area (Å²) in [6.07, 6.45) is 4.94. The third kappa shape index (κ3) is 3.58. The highest BCUT2D eigenvalue weighted by Gasteiger charge is 2.31. The SMILES string of the molecule is CC(C)(N)CS(=O)(=O)C1CCCCC1. The molecule has 0 aliphatic heterocycles. The summed E-state index contributed by atoms with van der Waals surface area (Å²) in [6, 6.07) is 0. The van der Waals surface area contributed by atoms with Crippen molar-refractivity contribution in [1.82, 2.24) is 0 Å². The summed E-state index contributed by atoms with van der Waals surface area (Å²) in [7, 11) is -2.97. The van der Waals surface area contributed by atoms with Gasteiger partial charge in [-0.15, -0.1) is 0 Å². The van der Waals surface area contributed by atoms with Gasteiger partial charge in [-0.2, -0.15) is 0 Å². The highest BCUT2D eigenvalue weighted by Crippen LogP contribution is 2.25. The van der Waals surface area contributed by atoms with E-state index in [9.17, 15) is 8.42 Å². The Hall–Kier alpha value is -0.0900. The fourth-order valence-electron chi connectivity index (χ4n) is 2.06. The van der Waals surface area contributed by atoms with Crippen molar-refractivity contribution in [2.24, 2.45) is 5.73 Å². The Morgan fingerprint density at radius 3 is 2.14 bits per heavy atom. The van der Waals surface area contributed by atoms with Gasteiger partial charge in [0.05, 0.1) is 11.0 Å². The minimum absolute atomic E-state index is 0.116. The topological polar surface area (TPSA) is 60.2 Å². The van der Waals surface area contributed by atoms with E-state index in [0.29, 0.717) is 0 Å². The van der Waals surface area contributed by atoms with Crippen LogP contribution >= 0.6 is 0 Å². The fraction of sp³-hybridized carbons (Fsp3) is 1.00. The molecule has 4 heteroatoms. The van der Waals surface area contributed by atoms with Crippen LogP contribution in [0.3, 0.4) is 0 Å². The second-order valence-electron chi connectivity index (χ2n) is 5.06. The first kappa shape index (κ1) is 12.0. The molecule has 0 saturated heterocycles. The predicted molar refractivity (Wildman–Crippen MR) is 58.9 cm³/mol. The Bertz CT molecular complexity index is 271. The quantitative estimate of drug-likeness (QED) is 0.782. The molecule has 0 aromatic carbocycles. The van der Waals surface area contributed by atoms with E-state index in [2.05, 4.69) is 0 Å². The third-order valence-electron chi connectivity index (χ3n) is 2.63. The van der Waals surface area contributed by atoms with Crippen molar-refractivity contribution in [2.45, 2.75) is 56.7 Å². The Morgan fingerprint density at radius 2 is 1.71 bits per heavy atom. The molecule has 0 amide bonds. The van der Waals surface area contributed by atoms with Crippen molar-refractivity contribution >= 4 is 9.84 Å². The minimum Gasteiger partial charge on any atom is -0.325 e. The largest absolute Gasteiger partial charge is 0.325 e. The second kappa shape index (κ2) is 4.19. The summed E-state index contributed by atoms with van der Waals surface area (Å²) in [6.45, 7) is 3.54. The van der Waals surface area contributed by atoms with Gasteiger partial charge in [0.15, 0.2) is 9.84 Å². The normalized spacial score (nSPS) is 21.1. The van der Waals surface area contributed by atoms with Gasteiger partial charge in [0.1, 0.15) is 0 Å². The van der Waals surface area contributed by atoms with E-state index in [1.54, 1.807) is 13.8 Å². The maximum absolute atomic E-state index is 11.9. The molecule has 0 heterocycles. The van der Waals surface area contributed by atoms with Crippen LogP contribution in [0.25, 0.3) is 0 Å². The first-order chi connectivity index (χ1) is 6.31. The van der Waals surface area contributed by atoms with E-state index in [1.165, 1.54) is 6.42 Å². The van der Waals surface area contributed by atoms with E-state index >= 15 is 0 Å². The molecule has 1 fully saturated rings. The molecule has 1 rings (SSSR count). The van der Waals surface area contributed by atoms with Gasteiger partial charge in [-0.3, -0.25) is 0 Å². The lowest BCUT2D eigenvalue weighted by Gasteiger charge is -2.26. The summed E-state index contributed by atoms with van der Waals surface area (Å²) in [5.74, 6) is 0.116. The van der Waals surface area contributed by atoms with E-state index in [1.807, 2.05) is 0 Å². The zero-order valence-corrected chi connectivity index (χ0v) is 9.94. The zero-order valence-electron chi connectivity index (χ0n) is 9.12. The van der Waals surface area contributed by atoms with Crippen molar-refractivity contribution < 1.29 is 8.42 Å². The van der Waals surface area contributed by atoms with Crippen molar-refractivity contribution in [1.29, 1.82) is 0 Å². The fourth-order valence-corrected chi connectivity index (χ4v) is 4.38. The van der Waals surface area contributed by atoms with Gasteiger partial charge < -0.3 is 5.73 Å². The van der Waals surface area contributed by atoms with E-state index in [-0.39, 0.29) is 11.0 Å². The average molecular weight is 219 g/mol. The Kier molecular flexibility index (Phi) is 3.58. The number of sulfone groups is 1. The van der Waals surface area contributed by atoms with Crippen molar-refractivity contribution in [3.63, 3.8) is 0 Å². The molecular weight excluding hydrogens is 198 g/mol. The molecule has 1 aliphatic rings. The molecular formula is C10H21NO2S. The summed E-state index contributed by atoms with van der Waals surface area (Å²) >= 11 is 0. The molecule has 0 spiro atoms. The molecule has 0 aromatic heterocycles. The Labute approximate surface area is 87.0 Å². The maximum Gasteiger partial charge on any atom is 0.154 e. The van der Waals surface area contributed by atoms with Crippen molar-refractivity contribution in [3.05, 3.63) is 0 Å². The van der Waals surface area contributed by atoms with Crippen LogP contribution in [-0.4, -0.2) is 25.0 Å². The van der Waals surface area contributed by atoms with Gasteiger partial charge >= 0.3 is 0 Å². The third-order valence-corrected chi connectivity index (χ3v) is 5.27. The molecule has 14 heavy (non-hydrogen) atoms. The van der Waals surface area contributed by atoms with Crippen LogP contribution < -0.4 is 5.73 Å². The molecule has 0 aromatic rings. The lowest BCUT2D eigenvalue weighted by molar-refractivity contribution is 0.473. The van der Waals surface area contributed by atoms with Crippen LogP contribution in [0.15, 0.2) is 0 Å². The number of rotatable bonds is 3. The molecule has 0 bridgehead atoms. The summed E-state index contributed by atoms with van der Waals surface area (Å²) in [5, 5.41) is -0.126. The number of hydrogen-bond acceptors (Lipinski definition) is 3. The Morgan fingerprint density at radius 1 is 1.21 bits per heavy atom. The second-order valence-corrected chi connectivity index (χ2v) is 7.34. The Balaban J connectivity index is 2.64. The van der Waals surface area contributed by atoms with Crippen LogP contribution in [0, 0.1) is 0 Å².